The van der Waals surface area contributed by atoms with Crippen LogP contribution in [0.3, 0.4) is 0 Å². The first-order valence-electron chi connectivity index (χ1n) is 13.6. The summed E-state index contributed by atoms with van der Waals surface area (Å²) in [5.41, 5.74) is 11.4. The number of nitrogens with one attached hydrogen (secondary N) is 1. The highest BCUT2D eigenvalue weighted by atomic mass is 32.2. The summed E-state index contributed by atoms with van der Waals surface area (Å²) in [6.45, 7) is 6.26. The molecule has 2 saturated heterocycles. The third-order valence-electron chi connectivity index (χ3n) is 8.12. The van der Waals surface area contributed by atoms with Gasteiger partial charge in [0.05, 0.1) is 16.8 Å². The van der Waals surface area contributed by atoms with E-state index in [1.54, 1.807) is 4.31 Å². The van der Waals surface area contributed by atoms with E-state index in [0.717, 1.165) is 66.5 Å². The van der Waals surface area contributed by atoms with Gasteiger partial charge in [0.15, 0.2) is 0 Å². The normalized spacial score (nSPS) is 18.1. The lowest BCUT2D eigenvalue weighted by atomic mass is 9.88. The number of carbonyl (C=O) groups excluding carboxylic acids is 1. The van der Waals surface area contributed by atoms with Crippen molar-refractivity contribution in [3.05, 3.63) is 59.3 Å². The number of sulfonamides is 1. The lowest BCUT2D eigenvalue weighted by Crippen LogP contribution is -2.39. The third-order valence-corrected chi connectivity index (χ3v) is 10.1. The van der Waals surface area contributed by atoms with Crippen LogP contribution in [0.15, 0.2) is 42.6 Å². The molecule has 2 aliphatic heterocycles. The average molecular weight is 523 g/mol. The lowest BCUT2D eigenvalue weighted by molar-refractivity contribution is 0.100. The number of H-pyrrole nitrogens is 1. The molecule has 0 unspecified atom stereocenters. The maximum Gasteiger partial charge on any atom is 0.250 e. The average Bonchev–Trinajstić information content (AvgIpc) is 3.58. The zero-order chi connectivity index (χ0) is 26.0. The van der Waals surface area contributed by atoms with Crippen LogP contribution in [0, 0.1) is 0 Å². The van der Waals surface area contributed by atoms with Crippen molar-refractivity contribution in [2.45, 2.75) is 51.4 Å². The molecule has 3 N–H and O–H groups in total. The van der Waals surface area contributed by atoms with E-state index in [1.807, 2.05) is 18.3 Å². The van der Waals surface area contributed by atoms with Crippen LogP contribution in [0.5, 0.6) is 0 Å². The fourth-order valence-electron chi connectivity index (χ4n) is 5.97. The number of aromatic amines is 1. The van der Waals surface area contributed by atoms with Crippen molar-refractivity contribution in [3.8, 4) is 11.1 Å². The van der Waals surface area contributed by atoms with Gasteiger partial charge in [-0.25, -0.2) is 12.7 Å². The fourth-order valence-corrected chi connectivity index (χ4v) is 7.49. The highest BCUT2D eigenvalue weighted by molar-refractivity contribution is 7.89. The largest absolute Gasteiger partial charge is 0.366 e. The summed E-state index contributed by atoms with van der Waals surface area (Å²) in [4.78, 5) is 18.0. The number of aryl methyl sites for hydroxylation is 1. The molecule has 0 atom stereocenters. The van der Waals surface area contributed by atoms with E-state index in [0.29, 0.717) is 25.1 Å². The van der Waals surface area contributed by atoms with Gasteiger partial charge in [0, 0.05) is 24.7 Å². The smallest absolute Gasteiger partial charge is 0.250 e. The molecule has 2 fully saturated rings. The number of benzene rings is 2. The summed E-state index contributed by atoms with van der Waals surface area (Å²) in [5.74, 6) is -0.00635. The Hall–Kier alpha value is -2.68. The number of rotatable bonds is 9. The summed E-state index contributed by atoms with van der Waals surface area (Å²) in [6, 6.07) is 12.4. The number of primary amides is 1. The summed E-state index contributed by atoms with van der Waals surface area (Å²) in [7, 11) is -3.24. The topological polar surface area (TPSA) is 99.5 Å². The Morgan fingerprint density at radius 2 is 1.81 bits per heavy atom. The van der Waals surface area contributed by atoms with Crippen molar-refractivity contribution < 1.29 is 13.2 Å². The number of nitrogens with zero attached hydrogens (tertiary/aromatic N) is 2. The monoisotopic (exact) mass is 522 g/mol. The van der Waals surface area contributed by atoms with Crippen molar-refractivity contribution in [1.82, 2.24) is 14.2 Å². The van der Waals surface area contributed by atoms with Gasteiger partial charge in [-0.2, -0.15) is 0 Å². The second kappa shape index (κ2) is 11.0. The third kappa shape index (κ3) is 5.61. The number of amides is 1. The zero-order valence-electron chi connectivity index (χ0n) is 21.7. The number of aromatic nitrogens is 1. The first-order chi connectivity index (χ1) is 17.9. The summed E-state index contributed by atoms with van der Waals surface area (Å²) in [5, 5.41) is 1.00. The maximum atomic E-state index is 13.0. The number of hydrogen-bond donors (Lipinski definition) is 2. The number of nitrogens with two attached hydrogens (primary N) is 1. The molecule has 37 heavy (non-hydrogen) atoms. The van der Waals surface area contributed by atoms with Crippen LogP contribution in [-0.2, 0) is 16.4 Å². The quantitative estimate of drug-likeness (QED) is 0.432. The van der Waals surface area contributed by atoms with Gasteiger partial charge in [-0.15, -0.1) is 0 Å². The molecule has 0 saturated carbocycles. The van der Waals surface area contributed by atoms with E-state index in [1.165, 1.54) is 18.4 Å². The fraction of sp³-hybridized carbons (Fsp3) is 0.483. The van der Waals surface area contributed by atoms with E-state index in [2.05, 4.69) is 41.1 Å². The van der Waals surface area contributed by atoms with E-state index >= 15 is 0 Å². The number of hydrogen-bond acceptors (Lipinski definition) is 4. The van der Waals surface area contributed by atoms with Gasteiger partial charge >= 0.3 is 0 Å². The maximum absolute atomic E-state index is 13.0. The van der Waals surface area contributed by atoms with Crippen LogP contribution in [0.4, 0.5) is 0 Å². The summed E-state index contributed by atoms with van der Waals surface area (Å²) in [6.07, 6.45) is 7.59. The van der Waals surface area contributed by atoms with Crippen LogP contribution in [0.2, 0.25) is 0 Å². The molecule has 0 radical (unpaired) electrons. The molecule has 1 amide bonds. The number of fused-ring (bicyclic) bond motifs is 1. The van der Waals surface area contributed by atoms with Crippen molar-refractivity contribution >= 4 is 26.8 Å². The molecule has 0 aliphatic carbocycles. The molecular formula is C29H38N4O3S. The van der Waals surface area contributed by atoms with Gasteiger partial charge in [-0.3, -0.25) is 4.79 Å². The van der Waals surface area contributed by atoms with Gasteiger partial charge in [-0.05, 0) is 98.5 Å². The van der Waals surface area contributed by atoms with Crippen molar-refractivity contribution in [2.75, 3.05) is 38.5 Å². The van der Waals surface area contributed by atoms with E-state index in [-0.39, 0.29) is 11.7 Å². The van der Waals surface area contributed by atoms with Crippen LogP contribution in [-0.4, -0.2) is 67.0 Å². The standard InChI is InChI=1S/C29H38N4O3S/c1-2-21-7-5-8-23(17-21)24-18-25-27(20-31-28(25)26(19-24)29(30)34)22-9-14-33(15-10-22)37(35,36)16-6-13-32-11-3-4-12-32/h5,7-8,17-20,22,31H,2-4,6,9-16H2,1H3,(H2,30,34). The molecule has 7 nitrogen and oxygen atoms in total. The van der Waals surface area contributed by atoms with Crippen molar-refractivity contribution in [3.63, 3.8) is 0 Å². The molecule has 2 aromatic carbocycles. The molecule has 8 heteroatoms. The second-order valence-corrected chi connectivity index (χ2v) is 12.6. The molecular weight excluding hydrogens is 484 g/mol. The van der Waals surface area contributed by atoms with Crippen LogP contribution < -0.4 is 5.73 Å². The van der Waals surface area contributed by atoms with Gasteiger partial charge in [0.1, 0.15) is 0 Å². The van der Waals surface area contributed by atoms with E-state index in [9.17, 15) is 13.2 Å². The Balaban J connectivity index is 1.33. The Labute approximate surface area is 220 Å². The number of piperidine rings is 1. The molecule has 2 aliphatic rings. The Morgan fingerprint density at radius 1 is 1.05 bits per heavy atom. The minimum absolute atomic E-state index is 0.225. The molecule has 1 aromatic heterocycles. The van der Waals surface area contributed by atoms with Gasteiger partial charge < -0.3 is 15.6 Å². The molecule has 0 spiro atoms. The highest BCUT2D eigenvalue weighted by Gasteiger charge is 2.30. The summed E-state index contributed by atoms with van der Waals surface area (Å²) >= 11 is 0. The van der Waals surface area contributed by atoms with Crippen molar-refractivity contribution in [1.29, 1.82) is 0 Å². The van der Waals surface area contributed by atoms with Crippen LogP contribution in [0.1, 0.15) is 66.4 Å². The Bertz CT molecular complexity index is 1370. The minimum atomic E-state index is -3.24. The number of likely N-dealkylation sites (tertiary alicyclic amines) is 1. The highest BCUT2D eigenvalue weighted by Crippen LogP contribution is 2.37. The molecule has 3 heterocycles. The van der Waals surface area contributed by atoms with Crippen molar-refractivity contribution in [2.24, 2.45) is 5.73 Å². The van der Waals surface area contributed by atoms with E-state index in [4.69, 9.17) is 5.73 Å². The Kier molecular flexibility index (Phi) is 7.70. The minimum Gasteiger partial charge on any atom is -0.366 e. The van der Waals surface area contributed by atoms with Gasteiger partial charge in [0.2, 0.25) is 10.0 Å². The number of carbonyl (C=O) groups is 1. The molecule has 5 rings (SSSR count). The SMILES string of the molecule is CCc1cccc(-c2cc(C(N)=O)c3[nH]cc(C4CCN(S(=O)(=O)CCCN5CCCC5)CC4)c3c2)c1. The lowest BCUT2D eigenvalue weighted by Gasteiger charge is -2.31. The second-order valence-electron chi connectivity index (χ2n) is 10.5. The van der Waals surface area contributed by atoms with E-state index < -0.39 is 15.9 Å². The predicted octanol–water partition coefficient (Wildman–Crippen LogP) is 4.49. The van der Waals surface area contributed by atoms with Gasteiger partial charge in [0.25, 0.3) is 5.91 Å². The van der Waals surface area contributed by atoms with Crippen LogP contribution in [0.25, 0.3) is 22.0 Å². The summed E-state index contributed by atoms with van der Waals surface area (Å²) < 4.78 is 27.7. The first kappa shape index (κ1) is 25.9. The zero-order valence-corrected chi connectivity index (χ0v) is 22.5. The first-order valence-corrected chi connectivity index (χ1v) is 15.2. The Morgan fingerprint density at radius 3 is 2.51 bits per heavy atom. The molecule has 0 bridgehead atoms. The van der Waals surface area contributed by atoms with Gasteiger partial charge in [-0.1, -0.05) is 31.2 Å². The van der Waals surface area contributed by atoms with Crippen LogP contribution >= 0.6 is 0 Å². The molecule has 3 aromatic rings. The molecule has 198 valence electrons. The predicted molar refractivity (Wildman–Crippen MR) is 149 cm³/mol.